The highest BCUT2D eigenvalue weighted by atomic mass is 16.3. The second kappa shape index (κ2) is 3.16. The molecule has 0 aliphatic carbocycles. The molecular weight excluding hydrogens is 144 g/mol. The van der Waals surface area contributed by atoms with Crippen LogP contribution < -0.4 is 0 Å². The Morgan fingerprint density at radius 1 is 1.45 bits per heavy atom. The molecule has 0 bridgehead atoms. The van der Waals surface area contributed by atoms with Gasteiger partial charge < -0.3 is 10.2 Å². The molecule has 0 unspecified atom stereocenters. The highest BCUT2D eigenvalue weighted by Crippen LogP contribution is 2.17. The van der Waals surface area contributed by atoms with E-state index >= 15 is 0 Å². The van der Waals surface area contributed by atoms with Crippen LogP contribution in [-0.4, -0.2) is 16.5 Å². The van der Waals surface area contributed by atoms with Gasteiger partial charge in [0.05, 0.1) is 6.61 Å². The largest absolute Gasteiger partial charge is 0.508 e. The van der Waals surface area contributed by atoms with Crippen LogP contribution >= 0.6 is 0 Å². The zero-order valence-corrected chi connectivity index (χ0v) is 5.82. The van der Waals surface area contributed by atoms with E-state index in [0.29, 0.717) is 17.4 Å². The van der Waals surface area contributed by atoms with Crippen LogP contribution in [0.2, 0.25) is 0 Å². The van der Waals surface area contributed by atoms with Crippen molar-refractivity contribution in [3.05, 3.63) is 29.3 Å². The first-order chi connectivity index (χ1) is 5.27. The van der Waals surface area contributed by atoms with Gasteiger partial charge in [-0.3, -0.25) is 4.79 Å². The third kappa shape index (κ3) is 1.56. The fourth-order valence-electron chi connectivity index (χ4n) is 0.788. The molecule has 0 fully saturated rings. The summed E-state index contributed by atoms with van der Waals surface area (Å²) in [6, 6.07) is 4.37. The summed E-state index contributed by atoms with van der Waals surface area (Å²) < 4.78 is 0. The van der Waals surface area contributed by atoms with Crippen molar-refractivity contribution < 1.29 is 15.0 Å². The zero-order chi connectivity index (χ0) is 8.27. The van der Waals surface area contributed by atoms with Crippen molar-refractivity contribution in [1.82, 2.24) is 0 Å². The standard InChI is InChI=1S/C8H8O3/c9-4-6-1-2-7(5-10)8(11)3-6/h1-4,10-11H,5H2. The second-order valence-corrected chi connectivity index (χ2v) is 2.16. The Hall–Kier alpha value is -1.35. The maximum absolute atomic E-state index is 10.2. The summed E-state index contributed by atoms with van der Waals surface area (Å²) in [5.74, 6) is -0.0444. The monoisotopic (exact) mass is 152 g/mol. The quantitative estimate of drug-likeness (QED) is 0.613. The van der Waals surface area contributed by atoms with Gasteiger partial charge in [-0.15, -0.1) is 0 Å². The van der Waals surface area contributed by atoms with Crippen LogP contribution in [0.1, 0.15) is 15.9 Å². The lowest BCUT2D eigenvalue weighted by Crippen LogP contribution is -1.86. The Labute approximate surface area is 63.9 Å². The molecule has 1 rings (SSSR count). The minimum atomic E-state index is -0.217. The van der Waals surface area contributed by atoms with Crippen LogP contribution in [0.25, 0.3) is 0 Å². The number of aromatic hydroxyl groups is 1. The van der Waals surface area contributed by atoms with E-state index in [1.54, 1.807) is 0 Å². The number of rotatable bonds is 2. The first-order valence-corrected chi connectivity index (χ1v) is 3.16. The zero-order valence-electron chi connectivity index (χ0n) is 5.82. The molecule has 0 heterocycles. The number of phenols is 1. The van der Waals surface area contributed by atoms with Gasteiger partial charge in [0.2, 0.25) is 0 Å². The van der Waals surface area contributed by atoms with Crippen molar-refractivity contribution in [2.24, 2.45) is 0 Å². The van der Waals surface area contributed by atoms with Gasteiger partial charge >= 0.3 is 0 Å². The van der Waals surface area contributed by atoms with E-state index in [9.17, 15) is 4.79 Å². The number of carbonyl (C=O) groups is 1. The van der Waals surface area contributed by atoms with Crippen molar-refractivity contribution in [2.75, 3.05) is 0 Å². The minimum Gasteiger partial charge on any atom is -0.508 e. The fourth-order valence-corrected chi connectivity index (χ4v) is 0.788. The van der Waals surface area contributed by atoms with E-state index in [1.807, 2.05) is 0 Å². The highest BCUT2D eigenvalue weighted by molar-refractivity contribution is 5.75. The summed E-state index contributed by atoms with van der Waals surface area (Å²) in [6.45, 7) is -0.217. The summed E-state index contributed by atoms with van der Waals surface area (Å²) >= 11 is 0. The normalized spacial score (nSPS) is 9.55. The lowest BCUT2D eigenvalue weighted by molar-refractivity contribution is 0.112. The molecule has 3 nitrogen and oxygen atoms in total. The third-order valence-electron chi connectivity index (χ3n) is 1.42. The molecule has 0 amide bonds. The minimum absolute atomic E-state index is 0.0444. The molecule has 0 aliphatic rings. The van der Waals surface area contributed by atoms with E-state index in [4.69, 9.17) is 10.2 Å². The van der Waals surface area contributed by atoms with Crippen molar-refractivity contribution in [3.8, 4) is 5.75 Å². The topological polar surface area (TPSA) is 57.5 Å². The van der Waals surface area contributed by atoms with Crippen molar-refractivity contribution in [1.29, 1.82) is 0 Å². The van der Waals surface area contributed by atoms with Crippen molar-refractivity contribution in [3.63, 3.8) is 0 Å². The number of carbonyl (C=O) groups excluding carboxylic acids is 1. The highest BCUT2D eigenvalue weighted by Gasteiger charge is 1.99. The summed E-state index contributed by atoms with van der Waals surface area (Å²) in [7, 11) is 0. The smallest absolute Gasteiger partial charge is 0.150 e. The van der Waals surface area contributed by atoms with E-state index < -0.39 is 0 Å². The molecule has 1 aromatic rings. The van der Waals surface area contributed by atoms with Gasteiger partial charge in [-0.2, -0.15) is 0 Å². The summed E-state index contributed by atoms with van der Waals surface area (Å²) in [4.78, 5) is 10.2. The molecule has 1 aromatic carbocycles. The predicted octanol–water partition coefficient (Wildman–Crippen LogP) is 0.697. The molecule has 11 heavy (non-hydrogen) atoms. The maximum atomic E-state index is 10.2. The second-order valence-electron chi connectivity index (χ2n) is 2.16. The summed E-state index contributed by atoms with van der Waals surface area (Å²) in [5, 5.41) is 17.7. The van der Waals surface area contributed by atoms with Gasteiger partial charge in [0.15, 0.2) is 0 Å². The average Bonchev–Trinajstić information content (AvgIpc) is 2.04. The molecule has 2 N–H and O–H groups in total. The van der Waals surface area contributed by atoms with E-state index in [2.05, 4.69) is 0 Å². The van der Waals surface area contributed by atoms with Gasteiger partial charge in [0.1, 0.15) is 12.0 Å². The van der Waals surface area contributed by atoms with Crippen LogP contribution in [0, 0.1) is 0 Å². The summed E-state index contributed by atoms with van der Waals surface area (Å²) in [5.41, 5.74) is 0.829. The molecule has 0 saturated carbocycles. The molecule has 0 radical (unpaired) electrons. The number of aliphatic hydroxyl groups excluding tert-OH is 1. The van der Waals surface area contributed by atoms with Gasteiger partial charge in [-0.05, 0) is 6.07 Å². The number of hydrogen-bond donors (Lipinski definition) is 2. The van der Waals surface area contributed by atoms with Crippen LogP contribution in [-0.2, 0) is 6.61 Å². The molecule has 58 valence electrons. The molecule has 0 atom stereocenters. The first-order valence-electron chi connectivity index (χ1n) is 3.16. The lowest BCUT2D eigenvalue weighted by atomic mass is 10.1. The molecule has 0 spiro atoms. The number of aliphatic hydroxyl groups is 1. The Balaban J connectivity index is 3.09. The van der Waals surface area contributed by atoms with E-state index in [1.165, 1.54) is 18.2 Å². The molecule has 3 heteroatoms. The molecular formula is C8H8O3. The molecule has 0 saturated heterocycles. The molecule has 0 aromatic heterocycles. The SMILES string of the molecule is O=Cc1ccc(CO)c(O)c1. The fraction of sp³-hybridized carbons (Fsp3) is 0.125. The van der Waals surface area contributed by atoms with Crippen LogP contribution in [0.5, 0.6) is 5.75 Å². The van der Waals surface area contributed by atoms with Gasteiger partial charge in [0, 0.05) is 11.1 Å². The van der Waals surface area contributed by atoms with Crippen LogP contribution in [0.4, 0.5) is 0 Å². The van der Waals surface area contributed by atoms with Crippen molar-refractivity contribution in [2.45, 2.75) is 6.61 Å². The van der Waals surface area contributed by atoms with E-state index in [0.717, 1.165) is 0 Å². The van der Waals surface area contributed by atoms with Crippen molar-refractivity contribution >= 4 is 6.29 Å². The van der Waals surface area contributed by atoms with Gasteiger partial charge in [-0.25, -0.2) is 0 Å². The third-order valence-corrected chi connectivity index (χ3v) is 1.42. The van der Waals surface area contributed by atoms with Gasteiger partial charge in [0.25, 0.3) is 0 Å². The van der Waals surface area contributed by atoms with Crippen LogP contribution in [0.15, 0.2) is 18.2 Å². The number of benzene rings is 1. The van der Waals surface area contributed by atoms with E-state index in [-0.39, 0.29) is 12.4 Å². The predicted molar refractivity (Wildman–Crippen MR) is 39.4 cm³/mol. The number of hydrogen-bond acceptors (Lipinski definition) is 3. The lowest BCUT2D eigenvalue weighted by Gasteiger charge is -1.99. The van der Waals surface area contributed by atoms with Gasteiger partial charge in [-0.1, -0.05) is 12.1 Å². The Bertz CT molecular complexity index is 268. The Morgan fingerprint density at radius 3 is 2.64 bits per heavy atom. The maximum Gasteiger partial charge on any atom is 0.150 e. The number of aldehydes is 1. The Kier molecular flexibility index (Phi) is 2.23. The van der Waals surface area contributed by atoms with Crippen LogP contribution in [0.3, 0.4) is 0 Å². The Morgan fingerprint density at radius 2 is 2.18 bits per heavy atom. The summed E-state index contributed by atoms with van der Waals surface area (Å²) in [6.07, 6.45) is 0.640. The average molecular weight is 152 g/mol. The first kappa shape index (κ1) is 7.75. The molecule has 0 aliphatic heterocycles.